The standard InChI is InChI=1S/C7H6BrN3O/c1-12-7-4-2-10-11-6(4)5(8)3-9-7/h2-3H,1H3,(H,10,11). The van der Waals surface area contributed by atoms with Crippen molar-refractivity contribution in [1.29, 1.82) is 0 Å². The van der Waals surface area contributed by atoms with Gasteiger partial charge < -0.3 is 4.74 Å². The average molecular weight is 228 g/mol. The Bertz CT molecular complexity index is 412. The van der Waals surface area contributed by atoms with Crippen LogP contribution >= 0.6 is 15.9 Å². The summed E-state index contributed by atoms with van der Waals surface area (Å²) < 4.78 is 5.93. The highest BCUT2D eigenvalue weighted by molar-refractivity contribution is 9.10. The Kier molecular flexibility index (Phi) is 1.73. The Balaban J connectivity index is 2.82. The second-order valence-corrected chi connectivity index (χ2v) is 3.13. The Labute approximate surface area is 77.1 Å². The van der Waals surface area contributed by atoms with Gasteiger partial charge >= 0.3 is 0 Å². The van der Waals surface area contributed by atoms with E-state index in [1.54, 1.807) is 19.5 Å². The molecule has 0 spiro atoms. The number of hydrogen-bond acceptors (Lipinski definition) is 3. The predicted molar refractivity (Wildman–Crippen MR) is 48.1 cm³/mol. The van der Waals surface area contributed by atoms with Crippen LogP contribution in [0.15, 0.2) is 16.9 Å². The van der Waals surface area contributed by atoms with Gasteiger partial charge in [-0.3, -0.25) is 5.10 Å². The third-order valence-corrected chi connectivity index (χ3v) is 2.20. The third-order valence-electron chi connectivity index (χ3n) is 1.60. The molecule has 0 aliphatic rings. The Hall–Kier alpha value is -1.10. The van der Waals surface area contributed by atoms with Gasteiger partial charge in [-0.25, -0.2) is 4.98 Å². The van der Waals surface area contributed by atoms with Crippen molar-refractivity contribution >= 4 is 26.8 Å². The number of methoxy groups -OCH3 is 1. The zero-order valence-electron chi connectivity index (χ0n) is 6.34. The molecule has 12 heavy (non-hydrogen) atoms. The van der Waals surface area contributed by atoms with Crippen LogP contribution in [0.5, 0.6) is 5.88 Å². The van der Waals surface area contributed by atoms with Crippen molar-refractivity contribution < 1.29 is 4.74 Å². The van der Waals surface area contributed by atoms with Crippen molar-refractivity contribution in [2.24, 2.45) is 0 Å². The van der Waals surface area contributed by atoms with E-state index in [0.717, 1.165) is 15.4 Å². The highest BCUT2D eigenvalue weighted by Crippen LogP contribution is 2.26. The summed E-state index contributed by atoms with van der Waals surface area (Å²) in [5, 5.41) is 7.62. The average Bonchev–Trinajstić information content (AvgIpc) is 2.54. The minimum absolute atomic E-state index is 0.585. The largest absolute Gasteiger partial charge is 0.480 e. The Morgan fingerprint density at radius 3 is 3.08 bits per heavy atom. The van der Waals surface area contributed by atoms with Gasteiger partial charge in [0.05, 0.1) is 28.7 Å². The van der Waals surface area contributed by atoms with E-state index in [1.165, 1.54) is 0 Å². The first-order chi connectivity index (χ1) is 5.83. The molecule has 2 aromatic rings. The van der Waals surface area contributed by atoms with Gasteiger partial charge in [-0.15, -0.1) is 0 Å². The Morgan fingerprint density at radius 1 is 1.50 bits per heavy atom. The molecule has 0 saturated carbocycles. The van der Waals surface area contributed by atoms with E-state index in [2.05, 4.69) is 31.1 Å². The fourth-order valence-corrected chi connectivity index (χ4v) is 1.45. The van der Waals surface area contributed by atoms with E-state index in [-0.39, 0.29) is 0 Å². The number of aromatic amines is 1. The molecule has 0 bridgehead atoms. The van der Waals surface area contributed by atoms with Gasteiger partial charge in [-0.05, 0) is 15.9 Å². The third kappa shape index (κ3) is 0.972. The van der Waals surface area contributed by atoms with E-state index < -0.39 is 0 Å². The molecule has 2 heterocycles. The van der Waals surface area contributed by atoms with Crippen LogP contribution in [-0.2, 0) is 0 Å². The van der Waals surface area contributed by atoms with Gasteiger partial charge in [0.25, 0.3) is 0 Å². The number of nitrogens with one attached hydrogen (secondary N) is 1. The lowest BCUT2D eigenvalue weighted by atomic mass is 10.3. The summed E-state index contributed by atoms with van der Waals surface area (Å²) in [4.78, 5) is 4.07. The van der Waals surface area contributed by atoms with Crippen molar-refractivity contribution in [1.82, 2.24) is 15.2 Å². The molecule has 4 nitrogen and oxygen atoms in total. The van der Waals surface area contributed by atoms with Crippen molar-refractivity contribution in [3.63, 3.8) is 0 Å². The number of aromatic nitrogens is 3. The lowest BCUT2D eigenvalue weighted by Crippen LogP contribution is -1.87. The van der Waals surface area contributed by atoms with Crippen LogP contribution in [0, 0.1) is 0 Å². The number of hydrogen-bond donors (Lipinski definition) is 1. The number of H-pyrrole nitrogens is 1. The van der Waals surface area contributed by atoms with Crippen molar-refractivity contribution in [3.05, 3.63) is 16.9 Å². The highest BCUT2D eigenvalue weighted by Gasteiger charge is 2.06. The van der Waals surface area contributed by atoms with E-state index >= 15 is 0 Å². The molecule has 0 aliphatic carbocycles. The summed E-state index contributed by atoms with van der Waals surface area (Å²) in [7, 11) is 1.59. The predicted octanol–water partition coefficient (Wildman–Crippen LogP) is 1.73. The fourth-order valence-electron chi connectivity index (χ4n) is 1.04. The summed E-state index contributed by atoms with van der Waals surface area (Å²) in [6.45, 7) is 0. The minimum atomic E-state index is 0.585. The summed E-state index contributed by atoms with van der Waals surface area (Å²) in [5.41, 5.74) is 0.904. The van der Waals surface area contributed by atoms with Gasteiger partial charge in [-0.2, -0.15) is 5.10 Å². The van der Waals surface area contributed by atoms with Gasteiger partial charge in [0, 0.05) is 6.20 Å². The van der Waals surface area contributed by atoms with E-state index in [4.69, 9.17) is 4.74 Å². The summed E-state index contributed by atoms with van der Waals surface area (Å²) in [5.74, 6) is 0.585. The van der Waals surface area contributed by atoms with Gasteiger partial charge in [0.1, 0.15) is 0 Å². The second-order valence-electron chi connectivity index (χ2n) is 2.27. The molecule has 0 aromatic carbocycles. The maximum absolute atomic E-state index is 5.05. The molecule has 0 aliphatic heterocycles. The molecule has 0 unspecified atom stereocenters. The van der Waals surface area contributed by atoms with Crippen LogP contribution in [0.25, 0.3) is 10.9 Å². The van der Waals surface area contributed by atoms with Crippen LogP contribution in [0.1, 0.15) is 0 Å². The van der Waals surface area contributed by atoms with E-state index in [1.807, 2.05) is 0 Å². The SMILES string of the molecule is COc1ncc(Br)c2[nH]ncc12. The number of nitrogens with zero attached hydrogens (tertiary/aromatic N) is 2. The summed E-state index contributed by atoms with van der Waals surface area (Å²) in [6.07, 6.45) is 3.37. The Morgan fingerprint density at radius 2 is 2.33 bits per heavy atom. The number of pyridine rings is 1. The van der Waals surface area contributed by atoms with Crippen LogP contribution in [0.2, 0.25) is 0 Å². The molecule has 2 aromatic heterocycles. The molecule has 0 fully saturated rings. The quantitative estimate of drug-likeness (QED) is 0.808. The monoisotopic (exact) mass is 227 g/mol. The van der Waals surface area contributed by atoms with Crippen molar-refractivity contribution in [2.75, 3.05) is 7.11 Å². The van der Waals surface area contributed by atoms with E-state index in [9.17, 15) is 0 Å². The second kappa shape index (κ2) is 2.75. The molecule has 5 heteroatoms. The summed E-state index contributed by atoms with van der Waals surface area (Å²) in [6, 6.07) is 0. The zero-order chi connectivity index (χ0) is 8.55. The van der Waals surface area contributed by atoms with Gasteiger partial charge in [0.15, 0.2) is 0 Å². The smallest absolute Gasteiger partial charge is 0.224 e. The van der Waals surface area contributed by atoms with Crippen LogP contribution in [0.3, 0.4) is 0 Å². The minimum Gasteiger partial charge on any atom is -0.480 e. The maximum atomic E-state index is 5.05. The molecule has 62 valence electrons. The molecule has 0 saturated heterocycles. The lowest BCUT2D eigenvalue weighted by molar-refractivity contribution is 0.403. The highest BCUT2D eigenvalue weighted by atomic mass is 79.9. The molecular formula is C7H6BrN3O. The molecule has 2 rings (SSSR count). The number of halogens is 1. The van der Waals surface area contributed by atoms with Crippen LogP contribution in [0.4, 0.5) is 0 Å². The van der Waals surface area contributed by atoms with Gasteiger partial charge in [-0.1, -0.05) is 0 Å². The fraction of sp³-hybridized carbons (Fsp3) is 0.143. The zero-order valence-corrected chi connectivity index (χ0v) is 7.92. The maximum Gasteiger partial charge on any atom is 0.224 e. The van der Waals surface area contributed by atoms with E-state index in [0.29, 0.717) is 5.88 Å². The van der Waals surface area contributed by atoms with Crippen molar-refractivity contribution in [2.45, 2.75) is 0 Å². The first kappa shape index (κ1) is 7.54. The topological polar surface area (TPSA) is 50.8 Å². The number of ether oxygens (including phenoxy) is 1. The molecule has 1 N–H and O–H groups in total. The van der Waals surface area contributed by atoms with Gasteiger partial charge in [0.2, 0.25) is 5.88 Å². The summed E-state index contributed by atoms with van der Waals surface area (Å²) >= 11 is 3.35. The van der Waals surface area contributed by atoms with Crippen molar-refractivity contribution in [3.8, 4) is 5.88 Å². The molecule has 0 radical (unpaired) electrons. The lowest BCUT2D eigenvalue weighted by Gasteiger charge is -1.99. The molecule has 0 amide bonds. The number of fused-ring (bicyclic) bond motifs is 1. The van der Waals surface area contributed by atoms with Crippen LogP contribution in [-0.4, -0.2) is 22.3 Å². The van der Waals surface area contributed by atoms with Crippen LogP contribution < -0.4 is 4.74 Å². The molecule has 0 atom stereocenters. The normalized spacial score (nSPS) is 10.5. The number of rotatable bonds is 1. The first-order valence-electron chi connectivity index (χ1n) is 3.34. The first-order valence-corrected chi connectivity index (χ1v) is 4.14. The molecular weight excluding hydrogens is 222 g/mol.